The van der Waals surface area contributed by atoms with Crippen LogP contribution >= 0.6 is 0 Å². The van der Waals surface area contributed by atoms with Crippen molar-refractivity contribution in [1.82, 2.24) is 10.2 Å². The third-order valence-electron chi connectivity index (χ3n) is 3.91. The van der Waals surface area contributed by atoms with Crippen molar-refractivity contribution < 1.29 is 0 Å². The number of likely N-dealkylation sites (tertiary alicyclic amines) is 1. The highest BCUT2D eigenvalue weighted by Crippen LogP contribution is 2.17. The quantitative estimate of drug-likeness (QED) is 0.472. The lowest BCUT2D eigenvalue weighted by Gasteiger charge is -2.36. The van der Waals surface area contributed by atoms with Crippen LogP contribution in [0.25, 0.3) is 0 Å². The van der Waals surface area contributed by atoms with Crippen molar-refractivity contribution in [3.05, 3.63) is 12.7 Å². The number of nitrogens with zero attached hydrogens (tertiary/aromatic N) is 1. The monoisotopic (exact) mass is 252 g/mol. The van der Waals surface area contributed by atoms with E-state index in [0.29, 0.717) is 0 Å². The van der Waals surface area contributed by atoms with E-state index < -0.39 is 0 Å². The van der Waals surface area contributed by atoms with Gasteiger partial charge in [0.15, 0.2) is 0 Å². The maximum atomic E-state index is 3.78. The molecule has 1 heterocycles. The van der Waals surface area contributed by atoms with E-state index in [0.717, 1.165) is 6.04 Å². The van der Waals surface area contributed by atoms with E-state index >= 15 is 0 Å². The summed E-state index contributed by atoms with van der Waals surface area (Å²) in [6, 6.07) is 0.796. The molecule has 1 unspecified atom stereocenters. The molecule has 1 aliphatic heterocycles. The highest BCUT2D eigenvalue weighted by Gasteiger charge is 2.20. The van der Waals surface area contributed by atoms with Crippen LogP contribution in [0.4, 0.5) is 0 Å². The molecule has 0 radical (unpaired) electrons. The Morgan fingerprint density at radius 1 is 1.28 bits per heavy atom. The summed E-state index contributed by atoms with van der Waals surface area (Å²) in [7, 11) is 0. The van der Waals surface area contributed by atoms with Crippen LogP contribution in [0.1, 0.15) is 58.3 Å². The number of piperidine rings is 1. The maximum absolute atomic E-state index is 3.78. The first-order chi connectivity index (χ1) is 8.88. The summed E-state index contributed by atoms with van der Waals surface area (Å²) in [5, 5.41) is 3.59. The Balaban J connectivity index is 2.15. The van der Waals surface area contributed by atoms with Gasteiger partial charge >= 0.3 is 0 Å². The Bertz CT molecular complexity index is 203. The van der Waals surface area contributed by atoms with Gasteiger partial charge in [-0.15, -0.1) is 6.58 Å². The number of hydrogen-bond donors (Lipinski definition) is 1. The van der Waals surface area contributed by atoms with E-state index in [1.54, 1.807) is 0 Å². The van der Waals surface area contributed by atoms with E-state index in [9.17, 15) is 0 Å². The van der Waals surface area contributed by atoms with Crippen LogP contribution in [0.5, 0.6) is 0 Å². The van der Waals surface area contributed by atoms with E-state index in [-0.39, 0.29) is 0 Å². The highest BCUT2D eigenvalue weighted by atomic mass is 15.2. The fourth-order valence-corrected chi connectivity index (χ4v) is 2.81. The molecule has 1 aliphatic rings. The summed E-state index contributed by atoms with van der Waals surface area (Å²) < 4.78 is 0. The van der Waals surface area contributed by atoms with Crippen LogP contribution in [-0.2, 0) is 0 Å². The zero-order valence-corrected chi connectivity index (χ0v) is 12.3. The molecular formula is C16H32N2. The van der Waals surface area contributed by atoms with E-state index in [1.807, 2.05) is 6.08 Å². The molecule has 0 aromatic rings. The largest absolute Gasteiger partial charge is 0.315 e. The van der Waals surface area contributed by atoms with Gasteiger partial charge in [0.05, 0.1) is 0 Å². The second-order valence-electron chi connectivity index (χ2n) is 5.53. The van der Waals surface area contributed by atoms with E-state index in [2.05, 4.69) is 23.7 Å². The van der Waals surface area contributed by atoms with Gasteiger partial charge in [-0.05, 0) is 58.2 Å². The van der Waals surface area contributed by atoms with Crippen molar-refractivity contribution >= 4 is 0 Å². The summed E-state index contributed by atoms with van der Waals surface area (Å²) in [4.78, 5) is 2.72. The first-order valence-corrected chi connectivity index (χ1v) is 7.94. The molecule has 2 nitrogen and oxygen atoms in total. The smallest absolute Gasteiger partial charge is 0.0220 e. The number of rotatable bonds is 10. The minimum atomic E-state index is 0.796. The Kier molecular flexibility index (Phi) is 9.23. The predicted octanol–water partition coefficient (Wildman–Crippen LogP) is 3.59. The third-order valence-corrected chi connectivity index (χ3v) is 3.91. The van der Waals surface area contributed by atoms with Crippen molar-refractivity contribution in [3.8, 4) is 0 Å². The molecule has 1 rings (SSSR count). The molecule has 2 heteroatoms. The summed E-state index contributed by atoms with van der Waals surface area (Å²) in [6.45, 7) is 11.0. The Labute approximate surface area is 114 Å². The summed E-state index contributed by atoms with van der Waals surface area (Å²) >= 11 is 0. The van der Waals surface area contributed by atoms with Gasteiger partial charge < -0.3 is 5.32 Å². The highest BCUT2D eigenvalue weighted by molar-refractivity contribution is 4.78. The van der Waals surface area contributed by atoms with Gasteiger partial charge in [0.2, 0.25) is 0 Å². The van der Waals surface area contributed by atoms with Crippen LogP contribution in [-0.4, -0.2) is 37.1 Å². The molecule has 0 amide bonds. The number of nitrogens with one attached hydrogen (secondary N) is 1. The first kappa shape index (κ1) is 15.7. The third kappa shape index (κ3) is 6.55. The predicted molar refractivity (Wildman–Crippen MR) is 81.0 cm³/mol. The van der Waals surface area contributed by atoms with Gasteiger partial charge in [-0.3, -0.25) is 4.90 Å². The minimum Gasteiger partial charge on any atom is -0.315 e. The average Bonchev–Trinajstić information content (AvgIpc) is 2.40. The zero-order chi connectivity index (χ0) is 13.1. The summed E-state index contributed by atoms with van der Waals surface area (Å²) in [5.41, 5.74) is 0. The van der Waals surface area contributed by atoms with Crippen molar-refractivity contribution in [2.75, 3.05) is 26.2 Å². The second kappa shape index (κ2) is 10.6. The Hall–Kier alpha value is -0.340. The summed E-state index contributed by atoms with van der Waals surface area (Å²) in [5.74, 6) is 0. The summed E-state index contributed by atoms with van der Waals surface area (Å²) in [6.07, 6.45) is 12.7. The fourth-order valence-electron chi connectivity index (χ4n) is 2.81. The van der Waals surface area contributed by atoms with Crippen molar-refractivity contribution in [3.63, 3.8) is 0 Å². The number of allylic oxidation sites excluding steroid dienone is 1. The Morgan fingerprint density at radius 2 is 2.17 bits per heavy atom. The lowest BCUT2D eigenvalue weighted by atomic mass is 10.0. The van der Waals surface area contributed by atoms with Crippen molar-refractivity contribution in [2.45, 2.75) is 64.3 Å². The molecule has 1 saturated heterocycles. The SMILES string of the molecule is C=CCCCCCN1CCCCC1CNCCC. The topological polar surface area (TPSA) is 15.3 Å². The fraction of sp³-hybridized carbons (Fsp3) is 0.875. The van der Waals surface area contributed by atoms with E-state index in [4.69, 9.17) is 0 Å². The van der Waals surface area contributed by atoms with Gasteiger partial charge in [0.25, 0.3) is 0 Å². The zero-order valence-electron chi connectivity index (χ0n) is 12.3. The number of unbranched alkanes of at least 4 members (excludes halogenated alkanes) is 3. The molecule has 0 aromatic carbocycles. The molecule has 106 valence electrons. The van der Waals surface area contributed by atoms with Crippen molar-refractivity contribution in [2.24, 2.45) is 0 Å². The van der Waals surface area contributed by atoms with Gasteiger partial charge in [-0.1, -0.05) is 25.8 Å². The van der Waals surface area contributed by atoms with E-state index in [1.165, 1.54) is 77.5 Å². The standard InChI is InChI=1S/C16H32N2/c1-3-5-6-7-9-13-18-14-10-8-11-16(18)15-17-12-4-2/h3,16-17H,1,4-15H2,2H3. The molecule has 0 saturated carbocycles. The number of hydrogen-bond acceptors (Lipinski definition) is 2. The average molecular weight is 252 g/mol. The normalized spacial score (nSPS) is 21.1. The Morgan fingerprint density at radius 3 is 2.94 bits per heavy atom. The second-order valence-corrected chi connectivity index (χ2v) is 5.53. The molecule has 18 heavy (non-hydrogen) atoms. The van der Waals surface area contributed by atoms with Crippen LogP contribution in [0.2, 0.25) is 0 Å². The minimum absolute atomic E-state index is 0.796. The lowest BCUT2D eigenvalue weighted by molar-refractivity contribution is 0.143. The molecule has 1 N–H and O–H groups in total. The van der Waals surface area contributed by atoms with Gasteiger partial charge in [-0.2, -0.15) is 0 Å². The van der Waals surface area contributed by atoms with Gasteiger partial charge in [-0.25, -0.2) is 0 Å². The lowest BCUT2D eigenvalue weighted by Crippen LogP contribution is -2.45. The molecule has 0 aromatic heterocycles. The molecule has 1 atom stereocenters. The van der Waals surface area contributed by atoms with Crippen LogP contribution in [0.15, 0.2) is 12.7 Å². The van der Waals surface area contributed by atoms with Crippen LogP contribution in [0, 0.1) is 0 Å². The molecule has 0 spiro atoms. The molecule has 0 bridgehead atoms. The molecule has 0 aliphatic carbocycles. The molecular weight excluding hydrogens is 220 g/mol. The molecule has 1 fully saturated rings. The maximum Gasteiger partial charge on any atom is 0.0220 e. The van der Waals surface area contributed by atoms with Gasteiger partial charge in [0, 0.05) is 12.6 Å². The first-order valence-electron chi connectivity index (χ1n) is 7.94. The van der Waals surface area contributed by atoms with Gasteiger partial charge in [0.1, 0.15) is 0 Å². The van der Waals surface area contributed by atoms with Crippen molar-refractivity contribution in [1.29, 1.82) is 0 Å². The van der Waals surface area contributed by atoms with Crippen LogP contribution < -0.4 is 5.32 Å². The van der Waals surface area contributed by atoms with Crippen LogP contribution in [0.3, 0.4) is 0 Å².